The van der Waals surface area contributed by atoms with Gasteiger partial charge in [-0.1, -0.05) is 20.3 Å². The minimum Gasteiger partial charge on any atom is -0.379 e. The Balaban J connectivity index is 3.64. The minimum absolute atomic E-state index is 0.128. The van der Waals surface area contributed by atoms with Crippen LogP contribution in [0.3, 0.4) is 0 Å². The highest BCUT2D eigenvalue weighted by atomic mass is 19.4. The van der Waals surface area contributed by atoms with Crippen molar-refractivity contribution in [2.45, 2.75) is 38.9 Å². The van der Waals surface area contributed by atoms with Crippen LogP contribution in [0.15, 0.2) is 0 Å². The summed E-state index contributed by atoms with van der Waals surface area (Å²) in [5.41, 5.74) is 0. The number of hydrogen-bond acceptors (Lipinski definition) is 2. The molecule has 0 aromatic heterocycles. The van der Waals surface area contributed by atoms with Crippen molar-refractivity contribution < 1.29 is 17.9 Å². The van der Waals surface area contributed by atoms with Crippen LogP contribution in [0.4, 0.5) is 13.2 Å². The number of halogens is 3. The third-order valence-corrected chi connectivity index (χ3v) is 2.53. The maximum absolute atomic E-state index is 11.8. The highest BCUT2D eigenvalue weighted by Gasteiger charge is 2.26. The van der Waals surface area contributed by atoms with Crippen LogP contribution in [-0.4, -0.2) is 32.5 Å². The van der Waals surface area contributed by atoms with Gasteiger partial charge in [-0.25, -0.2) is 0 Å². The molecule has 0 amide bonds. The van der Waals surface area contributed by atoms with E-state index in [2.05, 4.69) is 5.32 Å². The fraction of sp³-hybridized carbons (Fsp3) is 1.00. The van der Waals surface area contributed by atoms with Gasteiger partial charge in [0.1, 0.15) is 0 Å². The predicted octanol–water partition coefficient (Wildman–Crippen LogP) is 2.59. The Bertz CT molecular complexity index is 161. The van der Waals surface area contributed by atoms with Crippen molar-refractivity contribution in [3.63, 3.8) is 0 Å². The largest absolute Gasteiger partial charge is 0.391 e. The first-order valence-corrected chi connectivity index (χ1v) is 5.22. The monoisotopic (exact) mass is 227 g/mol. The van der Waals surface area contributed by atoms with Gasteiger partial charge in [-0.2, -0.15) is 13.2 Å². The highest BCUT2D eigenvalue weighted by molar-refractivity contribution is 4.69. The molecule has 0 heterocycles. The van der Waals surface area contributed by atoms with Gasteiger partial charge < -0.3 is 10.1 Å². The van der Waals surface area contributed by atoms with Crippen LogP contribution in [0.5, 0.6) is 0 Å². The molecule has 92 valence electrons. The lowest BCUT2D eigenvalue weighted by Crippen LogP contribution is -2.36. The van der Waals surface area contributed by atoms with E-state index in [4.69, 9.17) is 4.74 Å². The Kier molecular flexibility index (Phi) is 6.92. The van der Waals surface area contributed by atoms with Crippen molar-refractivity contribution in [3.05, 3.63) is 0 Å². The maximum Gasteiger partial charge on any atom is 0.391 e. The van der Waals surface area contributed by atoms with Crippen LogP contribution in [0.1, 0.15) is 26.7 Å². The van der Waals surface area contributed by atoms with Gasteiger partial charge in [-0.3, -0.25) is 0 Å². The first kappa shape index (κ1) is 14.7. The molecular formula is C10H20F3NO. The molecule has 0 aliphatic heterocycles. The summed E-state index contributed by atoms with van der Waals surface area (Å²) in [4.78, 5) is 0. The Morgan fingerprint density at radius 2 is 1.93 bits per heavy atom. The van der Waals surface area contributed by atoms with Gasteiger partial charge in [0.15, 0.2) is 0 Å². The fourth-order valence-electron chi connectivity index (χ4n) is 1.21. The molecule has 0 rings (SSSR count). The first-order chi connectivity index (χ1) is 6.90. The summed E-state index contributed by atoms with van der Waals surface area (Å²) in [5, 5.41) is 3.04. The van der Waals surface area contributed by atoms with Crippen molar-refractivity contribution in [1.82, 2.24) is 5.32 Å². The van der Waals surface area contributed by atoms with Crippen molar-refractivity contribution in [3.8, 4) is 0 Å². The SMILES string of the molecule is CCC(C)C(COCCC(F)(F)F)NC. The zero-order valence-corrected chi connectivity index (χ0v) is 9.53. The lowest BCUT2D eigenvalue weighted by molar-refractivity contribution is -0.145. The number of alkyl halides is 3. The second kappa shape index (κ2) is 7.06. The molecule has 0 fully saturated rings. The Morgan fingerprint density at radius 3 is 2.33 bits per heavy atom. The molecule has 0 aromatic carbocycles. The van der Waals surface area contributed by atoms with E-state index < -0.39 is 12.6 Å². The molecular weight excluding hydrogens is 207 g/mol. The Morgan fingerprint density at radius 1 is 1.33 bits per heavy atom. The van der Waals surface area contributed by atoms with E-state index in [1.165, 1.54) is 0 Å². The summed E-state index contributed by atoms with van der Waals surface area (Å²) in [6.45, 7) is 4.18. The summed E-state index contributed by atoms with van der Waals surface area (Å²) in [6, 6.07) is 0.128. The second-order valence-corrected chi connectivity index (χ2v) is 3.72. The van der Waals surface area contributed by atoms with E-state index in [1.54, 1.807) is 7.05 Å². The van der Waals surface area contributed by atoms with Gasteiger partial charge in [0.05, 0.1) is 19.6 Å². The van der Waals surface area contributed by atoms with Gasteiger partial charge >= 0.3 is 6.18 Å². The van der Waals surface area contributed by atoms with E-state index in [9.17, 15) is 13.2 Å². The number of nitrogens with one attached hydrogen (secondary N) is 1. The van der Waals surface area contributed by atoms with Crippen LogP contribution in [0.25, 0.3) is 0 Å². The summed E-state index contributed by atoms with van der Waals surface area (Å²) < 4.78 is 40.4. The average molecular weight is 227 g/mol. The minimum atomic E-state index is -4.12. The molecule has 2 nitrogen and oxygen atoms in total. The van der Waals surface area contributed by atoms with E-state index in [0.29, 0.717) is 12.5 Å². The summed E-state index contributed by atoms with van der Waals surface area (Å²) in [5.74, 6) is 0.404. The van der Waals surface area contributed by atoms with Crippen LogP contribution in [0, 0.1) is 5.92 Å². The summed E-state index contributed by atoms with van der Waals surface area (Å²) in [6.07, 6.45) is -4.01. The Hall–Kier alpha value is -0.290. The maximum atomic E-state index is 11.8. The summed E-state index contributed by atoms with van der Waals surface area (Å²) in [7, 11) is 1.80. The van der Waals surface area contributed by atoms with Crippen molar-refractivity contribution in [2.24, 2.45) is 5.92 Å². The molecule has 5 heteroatoms. The standard InChI is InChI=1S/C10H20F3NO/c1-4-8(2)9(14-3)7-15-6-5-10(11,12)13/h8-9,14H,4-7H2,1-3H3. The lowest BCUT2D eigenvalue weighted by atomic mass is 10.0. The van der Waals surface area contributed by atoms with E-state index >= 15 is 0 Å². The molecule has 0 aliphatic rings. The van der Waals surface area contributed by atoms with Gasteiger partial charge in [0.2, 0.25) is 0 Å². The third-order valence-electron chi connectivity index (χ3n) is 2.53. The second-order valence-electron chi connectivity index (χ2n) is 3.72. The molecule has 0 aromatic rings. The van der Waals surface area contributed by atoms with Crippen molar-refractivity contribution in [1.29, 1.82) is 0 Å². The number of ether oxygens (including phenoxy) is 1. The molecule has 0 radical (unpaired) electrons. The molecule has 0 saturated carbocycles. The van der Waals surface area contributed by atoms with Gasteiger partial charge in [-0.15, -0.1) is 0 Å². The lowest BCUT2D eigenvalue weighted by Gasteiger charge is -2.22. The predicted molar refractivity (Wildman–Crippen MR) is 53.8 cm³/mol. The number of likely N-dealkylation sites (N-methyl/N-ethyl adjacent to an activating group) is 1. The molecule has 2 unspecified atom stereocenters. The van der Waals surface area contributed by atoms with E-state index in [-0.39, 0.29) is 12.6 Å². The van der Waals surface area contributed by atoms with Crippen LogP contribution < -0.4 is 5.32 Å². The molecule has 1 N–H and O–H groups in total. The van der Waals surface area contributed by atoms with E-state index in [1.807, 2.05) is 13.8 Å². The fourth-order valence-corrected chi connectivity index (χ4v) is 1.21. The van der Waals surface area contributed by atoms with Crippen LogP contribution in [0.2, 0.25) is 0 Å². The van der Waals surface area contributed by atoms with E-state index in [0.717, 1.165) is 6.42 Å². The molecule has 15 heavy (non-hydrogen) atoms. The molecule has 0 bridgehead atoms. The normalized spacial score (nSPS) is 16.4. The van der Waals surface area contributed by atoms with Crippen molar-refractivity contribution in [2.75, 3.05) is 20.3 Å². The topological polar surface area (TPSA) is 21.3 Å². The van der Waals surface area contributed by atoms with Gasteiger partial charge in [-0.05, 0) is 13.0 Å². The Labute approximate surface area is 89.2 Å². The molecule has 0 aliphatic carbocycles. The molecule has 0 spiro atoms. The zero-order valence-electron chi connectivity index (χ0n) is 9.53. The van der Waals surface area contributed by atoms with Crippen LogP contribution >= 0.6 is 0 Å². The van der Waals surface area contributed by atoms with Gasteiger partial charge in [0, 0.05) is 6.04 Å². The zero-order chi connectivity index (χ0) is 11.9. The third kappa shape index (κ3) is 7.62. The first-order valence-electron chi connectivity index (χ1n) is 5.22. The smallest absolute Gasteiger partial charge is 0.379 e. The average Bonchev–Trinajstić information content (AvgIpc) is 2.15. The highest BCUT2D eigenvalue weighted by Crippen LogP contribution is 2.19. The van der Waals surface area contributed by atoms with Crippen LogP contribution in [-0.2, 0) is 4.74 Å². The molecule has 0 saturated heterocycles. The van der Waals surface area contributed by atoms with Crippen molar-refractivity contribution >= 4 is 0 Å². The number of rotatable bonds is 7. The van der Waals surface area contributed by atoms with Gasteiger partial charge in [0.25, 0.3) is 0 Å². The summed E-state index contributed by atoms with van der Waals surface area (Å²) >= 11 is 0. The quantitative estimate of drug-likeness (QED) is 0.675. The molecule has 2 atom stereocenters. The number of hydrogen-bond donors (Lipinski definition) is 1.